The molecule has 1 aromatic carbocycles. The summed E-state index contributed by atoms with van der Waals surface area (Å²) in [7, 11) is 3.24. The summed E-state index contributed by atoms with van der Waals surface area (Å²) in [6.07, 6.45) is -0.678. The van der Waals surface area contributed by atoms with Gasteiger partial charge in [-0.3, -0.25) is 0 Å². The van der Waals surface area contributed by atoms with E-state index in [4.69, 9.17) is 9.47 Å². The highest BCUT2D eigenvalue weighted by atomic mass is 19.1. The Hall–Kier alpha value is -1.17. The van der Waals surface area contributed by atoms with E-state index in [0.29, 0.717) is 31.0 Å². The summed E-state index contributed by atoms with van der Waals surface area (Å²) in [5.74, 6) is -0.345. The molecule has 0 spiro atoms. The van der Waals surface area contributed by atoms with Crippen LogP contribution in [0.5, 0.6) is 0 Å². The fourth-order valence-corrected chi connectivity index (χ4v) is 2.12. The fraction of sp³-hybridized carbons (Fsp3) is 0.600. The molecule has 1 rings (SSSR count). The van der Waals surface area contributed by atoms with Gasteiger partial charge < -0.3 is 19.5 Å². The molecule has 0 saturated heterocycles. The van der Waals surface area contributed by atoms with E-state index in [9.17, 15) is 9.50 Å². The van der Waals surface area contributed by atoms with Gasteiger partial charge in [0, 0.05) is 26.8 Å². The minimum Gasteiger partial charge on any atom is -0.389 e. The number of benzene rings is 1. The third-order valence-electron chi connectivity index (χ3n) is 3.24. The molecule has 0 amide bonds. The summed E-state index contributed by atoms with van der Waals surface area (Å²) >= 11 is 0. The molecule has 1 aromatic rings. The molecule has 0 aliphatic heterocycles. The monoisotopic (exact) mass is 285 g/mol. The molecule has 0 fully saturated rings. The SMILES string of the molecule is COCCN(c1ccc([C@H](C)O)cc1F)C(C)COC. The quantitative estimate of drug-likeness (QED) is 0.796. The van der Waals surface area contributed by atoms with Crippen molar-refractivity contribution < 1.29 is 19.0 Å². The zero-order valence-electron chi connectivity index (χ0n) is 12.6. The first kappa shape index (κ1) is 16.9. The van der Waals surface area contributed by atoms with Gasteiger partial charge in [0.1, 0.15) is 5.82 Å². The smallest absolute Gasteiger partial charge is 0.146 e. The molecular formula is C15H24FNO3. The number of ether oxygens (including phenoxy) is 2. The Balaban J connectivity index is 3.00. The van der Waals surface area contributed by atoms with Crippen molar-refractivity contribution in [3.05, 3.63) is 29.6 Å². The molecule has 0 bridgehead atoms. The summed E-state index contributed by atoms with van der Waals surface area (Å²) in [6.45, 7) is 5.17. The third-order valence-corrected chi connectivity index (χ3v) is 3.24. The van der Waals surface area contributed by atoms with Crippen LogP contribution >= 0.6 is 0 Å². The maximum Gasteiger partial charge on any atom is 0.146 e. The van der Waals surface area contributed by atoms with Crippen molar-refractivity contribution in [1.82, 2.24) is 0 Å². The molecule has 5 heteroatoms. The molecular weight excluding hydrogens is 261 g/mol. The first-order valence-electron chi connectivity index (χ1n) is 6.73. The molecule has 0 heterocycles. The average molecular weight is 285 g/mol. The lowest BCUT2D eigenvalue weighted by Crippen LogP contribution is -2.39. The van der Waals surface area contributed by atoms with Gasteiger partial charge in [0.25, 0.3) is 0 Å². The first-order chi connectivity index (χ1) is 9.51. The highest BCUT2D eigenvalue weighted by molar-refractivity contribution is 5.50. The lowest BCUT2D eigenvalue weighted by Gasteiger charge is -2.31. The van der Waals surface area contributed by atoms with Crippen LogP contribution in [0, 0.1) is 5.82 Å². The fourth-order valence-electron chi connectivity index (χ4n) is 2.12. The summed E-state index contributed by atoms with van der Waals surface area (Å²) in [4.78, 5) is 1.91. The number of nitrogens with zero attached hydrogens (tertiary/aromatic N) is 1. The van der Waals surface area contributed by atoms with Crippen LogP contribution in [0.1, 0.15) is 25.5 Å². The van der Waals surface area contributed by atoms with Crippen molar-refractivity contribution in [3.63, 3.8) is 0 Å². The van der Waals surface area contributed by atoms with Crippen LogP contribution in [0.15, 0.2) is 18.2 Å². The van der Waals surface area contributed by atoms with E-state index in [1.54, 1.807) is 33.3 Å². The number of rotatable bonds is 8. The maximum atomic E-state index is 14.3. The van der Waals surface area contributed by atoms with Crippen molar-refractivity contribution in [3.8, 4) is 0 Å². The van der Waals surface area contributed by atoms with E-state index in [2.05, 4.69) is 0 Å². The van der Waals surface area contributed by atoms with Gasteiger partial charge in [-0.15, -0.1) is 0 Å². The van der Waals surface area contributed by atoms with Crippen molar-refractivity contribution in [2.45, 2.75) is 26.0 Å². The first-order valence-corrected chi connectivity index (χ1v) is 6.73. The Morgan fingerprint density at radius 2 is 1.95 bits per heavy atom. The molecule has 114 valence electrons. The lowest BCUT2D eigenvalue weighted by molar-refractivity contribution is 0.170. The molecule has 0 radical (unpaired) electrons. The van der Waals surface area contributed by atoms with Gasteiger partial charge in [-0.25, -0.2) is 4.39 Å². The van der Waals surface area contributed by atoms with Gasteiger partial charge >= 0.3 is 0 Å². The maximum absolute atomic E-state index is 14.3. The van der Waals surface area contributed by atoms with Crippen LogP contribution in [-0.2, 0) is 9.47 Å². The number of methoxy groups -OCH3 is 2. The Morgan fingerprint density at radius 3 is 2.45 bits per heavy atom. The molecule has 2 atom stereocenters. The predicted octanol–water partition coefficient (Wildman–Crippen LogP) is 2.37. The van der Waals surface area contributed by atoms with Crippen molar-refractivity contribution in [2.24, 2.45) is 0 Å². The second-order valence-corrected chi connectivity index (χ2v) is 4.88. The van der Waals surface area contributed by atoms with E-state index in [1.165, 1.54) is 6.07 Å². The average Bonchev–Trinajstić information content (AvgIpc) is 2.40. The van der Waals surface area contributed by atoms with Crippen molar-refractivity contribution in [2.75, 3.05) is 38.9 Å². The zero-order valence-corrected chi connectivity index (χ0v) is 12.6. The highest BCUT2D eigenvalue weighted by Gasteiger charge is 2.18. The van der Waals surface area contributed by atoms with Gasteiger partial charge in [-0.2, -0.15) is 0 Å². The van der Waals surface area contributed by atoms with Crippen molar-refractivity contribution in [1.29, 1.82) is 0 Å². The number of anilines is 1. The van der Waals surface area contributed by atoms with E-state index in [1.807, 2.05) is 11.8 Å². The molecule has 1 N–H and O–H groups in total. The summed E-state index contributed by atoms with van der Waals surface area (Å²) < 4.78 is 24.5. The summed E-state index contributed by atoms with van der Waals surface area (Å²) in [5, 5.41) is 9.49. The highest BCUT2D eigenvalue weighted by Crippen LogP contribution is 2.25. The molecule has 1 unspecified atom stereocenters. The normalized spacial score (nSPS) is 14.1. The minimum atomic E-state index is -0.678. The minimum absolute atomic E-state index is 0.0297. The van der Waals surface area contributed by atoms with Gasteiger partial charge in [0.2, 0.25) is 0 Å². The molecule has 0 aliphatic rings. The Morgan fingerprint density at radius 1 is 1.25 bits per heavy atom. The summed E-state index contributed by atoms with van der Waals surface area (Å²) in [5.41, 5.74) is 1.06. The Labute approximate surface area is 120 Å². The topological polar surface area (TPSA) is 41.9 Å². The van der Waals surface area contributed by atoms with Crippen LogP contribution in [0.3, 0.4) is 0 Å². The molecule has 0 aliphatic carbocycles. The third kappa shape index (κ3) is 4.44. The Bertz CT molecular complexity index is 412. The number of aliphatic hydroxyl groups is 1. The number of halogens is 1. The van der Waals surface area contributed by atoms with Crippen LogP contribution in [-0.4, -0.2) is 45.1 Å². The van der Waals surface area contributed by atoms with Crippen LogP contribution in [0.2, 0.25) is 0 Å². The van der Waals surface area contributed by atoms with Crippen LogP contribution in [0.25, 0.3) is 0 Å². The lowest BCUT2D eigenvalue weighted by atomic mass is 10.1. The van der Waals surface area contributed by atoms with Crippen molar-refractivity contribution >= 4 is 5.69 Å². The number of aliphatic hydroxyl groups excluding tert-OH is 1. The number of hydrogen-bond acceptors (Lipinski definition) is 4. The molecule has 20 heavy (non-hydrogen) atoms. The van der Waals surface area contributed by atoms with Crippen LogP contribution < -0.4 is 4.90 Å². The van der Waals surface area contributed by atoms with Crippen LogP contribution in [0.4, 0.5) is 10.1 Å². The second-order valence-electron chi connectivity index (χ2n) is 4.88. The van der Waals surface area contributed by atoms with Gasteiger partial charge in [0.05, 0.1) is 25.0 Å². The molecule has 0 aromatic heterocycles. The standard InChI is InChI=1S/C15H24FNO3/c1-11(10-20-4)17(7-8-19-3)15-6-5-13(12(2)18)9-14(15)16/h5-6,9,11-12,18H,7-8,10H2,1-4H3/t11?,12-/m0/s1. The van der Waals surface area contributed by atoms with E-state index >= 15 is 0 Å². The predicted molar refractivity (Wildman–Crippen MR) is 77.6 cm³/mol. The van der Waals surface area contributed by atoms with Gasteiger partial charge in [0.15, 0.2) is 0 Å². The Kier molecular flexibility index (Phi) is 6.91. The molecule has 4 nitrogen and oxygen atoms in total. The summed E-state index contributed by atoms with van der Waals surface area (Å²) in [6, 6.07) is 4.84. The van der Waals surface area contributed by atoms with Gasteiger partial charge in [-0.1, -0.05) is 6.07 Å². The zero-order chi connectivity index (χ0) is 15.1. The van der Waals surface area contributed by atoms with E-state index in [0.717, 1.165) is 0 Å². The second kappa shape index (κ2) is 8.19. The number of hydrogen-bond donors (Lipinski definition) is 1. The molecule has 0 saturated carbocycles. The van der Waals surface area contributed by atoms with Gasteiger partial charge in [-0.05, 0) is 31.5 Å². The van der Waals surface area contributed by atoms with E-state index in [-0.39, 0.29) is 11.9 Å². The van der Waals surface area contributed by atoms with E-state index < -0.39 is 6.10 Å². The largest absolute Gasteiger partial charge is 0.389 e.